The highest BCUT2D eigenvalue weighted by Crippen LogP contribution is 2.28. The van der Waals surface area contributed by atoms with E-state index in [1.807, 2.05) is 6.07 Å². The van der Waals surface area contributed by atoms with Gasteiger partial charge in [0.25, 0.3) is 5.56 Å². The molecule has 0 bridgehead atoms. The standard InChI is InChI=1S/C17H22N4O3/c22-16(18-9-3-11-24-12-13-6-7-13)8-10-21-17(23)14-4-1-2-5-15(14)19-20-21/h1-2,4-5,13H,3,6-12H2,(H,18,22). The van der Waals surface area contributed by atoms with E-state index in [9.17, 15) is 9.59 Å². The summed E-state index contributed by atoms with van der Waals surface area (Å²) < 4.78 is 6.75. The Labute approximate surface area is 140 Å². The molecule has 0 aliphatic heterocycles. The maximum atomic E-state index is 12.2. The van der Waals surface area contributed by atoms with Gasteiger partial charge in [-0.1, -0.05) is 17.3 Å². The van der Waals surface area contributed by atoms with Gasteiger partial charge in [0.15, 0.2) is 0 Å². The largest absolute Gasteiger partial charge is 0.381 e. The van der Waals surface area contributed by atoms with Crippen molar-refractivity contribution in [2.24, 2.45) is 5.92 Å². The third-order valence-electron chi connectivity index (χ3n) is 4.02. The minimum Gasteiger partial charge on any atom is -0.381 e. The first-order valence-corrected chi connectivity index (χ1v) is 8.41. The number of carbonyl (C=O) groups excluding carboxylic acids is 1. The van der Waals surface area contributed by atoms with Crippen molar-refractivity contribution in [3.8, 4) is 0 Å². The van der Waals surface area contributed by atoms with Crippen molar-refractivity contribution >= 4 is 16.8 Å². The van der Waals surface area contributed by atoms with E-state index in [1.54, 1.807) is 18.2 Å². The third kappa shape index (κ3) is 4.61. The molecule has 0 saturated heterocycles. The van der Waals surface area contributed by atoms with Crippen LogP contribution in [0.15, 0.2) is 29.1 Å². The Morgan fingerprint density at radius 3 is 3.00 bits per heavy atom. The molecule has 1 fully saturated rings. The van der Waals surface area contributed by atoms with Crippen molar-refractivity contribution in [2.75, 3.05) is 19.8 Å². The van der Waals surface area contributed by atoms with Crippen molar-refractivity contribution in [1.82, 2.24) is 20.3 Å². The summed E-state index contributed by atoms with van der Waals surface area (Å²) in [4.78, 5) is 24.1. The Bertz CT molecular complexity index is 755. The first-order valence-electron chi connectivity index (χ1n) is 8.41. The molecule has 1 amide bonds. The van der Waals surface area contributed by atoms with Crippen molar-refractivity contribution in [1.29, 1.82) is 0 Å². The van der Waals surface area contributed by atoms with E-state index in [2.05, 4.69) is 15.6 Å². The Hall–Kier alpha value is -2.28. The zero-order valence-electron chi connectivity index (χ0n) is 13.6. The van der Waals surface area contributed by atoms with Gasteiger partial charge in [-0.25, -0.2) is 4.68 Å². The molecule has 1 saturated carbocycles. The Balaban J connectivity index is 1.39. The van der Waals surface area contributed by atoms with Crippen molar-refractivity contribution in [3.05, 3.63) is 34.6 Å². The van der Waals surface area contributed by atoms with E-state index in [4.69, 9.17) is 4.74 Å². The highest BCUT2D eigenvalue weighted by Gasteiger charge is 2.20. The fourth-order valence-corrected chi connectivity index (χ4v) is 2.40. The SMILES string of the molecule is O=C(CCn1nnc2ccccc2c1=O)NCCCOCC1CC1. The maximum Gasteiger partial charge on any atom is 0.277 e. The predicted molar refractivity (Wildman–Crippen MR) is 89.6 cm³/mol. The first kappa shape index (κ1) is 16.6. The number of amides is 1. The molecule has 1 aromatic carbocycles. The van der Waals surface area contributed by atoms with Crippen LogP contribution < -0.4 is 10.9 Å². The molecule has 1 aromatic heterocycles. The topological polar surface area (TPSA) is 86.1 Å². The number of carbonyl (C=O) groups is 1. The van der Waals surface area contributed by atoms with Crippen LogP contribution in [0.3, 0.4) is 0 Å². The van der Waals surface area contributed by atoms with Gasteiger partial charge in [-0.15, -0.1) is 5.10 Å². The van der Waals surface area contributed by atoms with E-state index in [-0.39, 0.29) is 24.4 Å². The fourth-order valence-electron chi connectivity index (χ4n) is 2.40. The molecule has 1 heterocycles. The van der Waals surface area contributed by atoms with Gasteiger partial charge in [-0.3, -0.25) is 9.59 Å². The molecule has 0 unspecified atom stereocenters. The lowest BCUT2D eigenvalue weighted by atomic mass is 10.2. The first-order chi connectivity index (χ1) is 11.7. The van der Waals surface area contributed by atoms with Crippen LogP contribution in [0.4, 0.5) is 0 Å². The zero-order valence-corrected chi connectivity index (χ0v) is 13.6. The normalized spacial score (nSPS) is 14.0. The number of benzene rings is 1. The summed E-state index contributed by atoms with van der Waals surface area (Å²) in [6.45, 7) is 2.33. The molecule has 3 rings (SSSR count). The smallest absolute Gasteiger partial charge is 0.277 e. The van der Waals surface area contributed by atoms with Gasteiger partial charge in [-0.05, 0) is 37.3 Å². The molecule has 0 radical (unpaired) electrons. The van der Waals surface area contributed by atoms with Gasteiger partial charge >= 0.3 is 0 Å². The number of rotatable bonds is 9. The number of ether oxygens (including phenoxy) is 1. The molecular weight excluding hydrogens is 308 g/mol. The van der Waals surface area contributed by atoms with Crippen LogP contribution in [0.1, 0.15) is 25.7 Å². The number of nitrogens with one attached hydrogen (secondary N) is 1. The molecule has 24 heavy (non-hydrogen) atoms. The second-order valence-corrected chi connectivity index (χ2v) is 6.11. The zero-order chi connectivity index (χ0) is 16.8. The van der Waals surface area contributed by atoms with Gasteiger partial charge in [0, 0.05) is 26.2 Å². The highest BCUT2D eigenvalue weighted by atomic mass is 16.5. The second-order valence-electron chi connectivity index (χ2n) is 6.11. The van der Waals surface area contributed by atoms with Gasteiger partial charge in [0.05, 0.1) is 11.9 Å². The number of aromatic nitrogens is 3. The van der Waals surface area contributed by atoms with Crippen LogP contribution in [0.2, 0.25) is 0 Å². The Kier molecular flexibility index (Phi) is 5.53. The molecule has 1 aliphatic carbocycles. The van der Waals surface area contributed by atoms with E-state index >= 15 is 0 Å². The number of fused-ring (bicyclic) bond motifs is 1. The van der Waals surface area contributed by atoms with Crippen LogP contribution in [-0.4, -0.2) is 40.7 Å². The number of aryl methyl sites for hydroxylation is 1. The molecule has 0 atom stereocenters. The van der Waals surface area contributed by atoms with Crippen molar-refractivity contribution < 1.29 is 9.53 Å². The average molecular weight is 330 g/mol. The van der Waals surface area contributed by atoms with Crippen molar-refractivity contribution in [3.63, 3.8) is 0 Å². The molecule has 1 N–H and O–H groups in total. The van der Waals surface area contributed by atoms with Crippen LogP contribution in [-0.2, 0) is 16.1 Å². The molecular formula is C17H22N4O3. The van der Waals surface area contributed by atoms with Crippen LogP contribution in [0.5, 0.6) is 0 Å². The summed E-state index contributed by atoms with van der Waals surface area (Å²) in [5.41, 5.74) is 0.344. The van der Waals surface area contributed by atoms with E-state index in [1.165, 1.54) is 17.5 Å². The number of hydrogen-bond donors (Lipinski definition) is 1. The molecule has 0 spiro atoms. The number of hydrogen-bond acceptors (Lipinski definition) is 5. The van der Waals surface area contributed by atoms with Gasteiger partial charge in [0.2, 0.25) is 5.91 Å². The fraction of sp³-hybridized carbons (Fsp3) is 0.529. The highest BCUT2D eigenvalue weighted by molar-refractivity contribution is 5.77. The molecule has 1 aliphatic rings. The summed E-state index contributed by atoms with van der Waals surface area (Å²) in [6, 6.07) is 7.05. The van der Waals surface area contributed by atoms with Crippen LogP contribution in [0.25, 0.3) is 10.9 Å². The number of nitrogens with zero attached hydrogens (tertiary/aromatic N) is 3. The van der Waals surface area contributed by atoms with E-state index in [0.29, 0.717) is 24.1 Å². The van der Waals surface area contributed by atoms with E-state index in [0.717, 1.165) is 18.9 Å². The molecule has 7 nitrogen and oxygen atoms in total. The summed E-state index contributed by atoms with van der Waals surface area (Å²) in [5.74, 6) is 0.667. The van der Waals surface area contributed by atoms with Crippen LogP contribution in [0, 0.1) is 5.92 Å². The lowest BCUT2D eigenvalue weighted by molar-refractivity contribution is -0.121. The average Bonchev–Trinajstić information content (AvgIpc) is 3.42. The molecule has 2 aromatic rings. The quantitative estimate of drug-likeness (QED) is 0.696. The lowest BCUT2D eigenvalue weighted by Gasteiger charge is -2.07. The minimum atomic E-state index is -0.220. The predicted octanol–water partition coefficient (Wildman–Crippen LogP) is 1.11. The van der Waals surface area contributed by atoms with Gasteiger partial charge in [0.1, 0.15) is 5.52 Å². The Morgan fingerprint density at radius 1 is 1.33 bits per heavy atom. The van der Waals surface area contributed by atoms with Crippen molar-refractivity contribution in [2.45, 2.75) is 32.2 Å². The summed E-state index contributed by atoms with van der Waals surface area (Å²) >= 11 is 0. The van der Waals surface area contributed by atoms with Gasteiger partial charge in [-0.2, -0.15) is 0 Å². The van der Waals surface area contributed by atoms with Gasteiger partial charge < -0.3 is 10.1 Å². The summed E-state index contributed by atoms with van der Waals surface area (Å²) in [7, 11) is 0. The minimum absolute atomic E-state index is 0.0981. The summed E-state index contributed by atoms with van der Waals surface area (Å²) in [6.07, 6.45) is 3.57. The van der Waals surface area contributed by atoms with E-state index < -0.39 is 0 Å². The third-order valence-corrected chi connectivity index (χ3v) is 4.02. The summed E-state index contributed by atoms with van der Waals surface area (Å²) in [5, 5.41) is 11.2. The monoisotopic (exact) mass is 330 g/mol. The molecule has 128 valence electrons. The van der Waals surface area contributed by atoms with Crippen LogP contribution >= 0.6 is 0 Å². The second kappa shape index (κ2) is 8.01. The maximum absolute atomic E-state index is 12.2. The Morgan fingerprint density at radius 2 is 2.17 bits per heavy atom. The molecule has 7 heteroatoms. The lowest BCUT2D eigenvalue weighted by Crippen LogP contribution is -2.30.